The number of hydrogen-bond donors (Lipinski definition) is 2. The minimum atomic E-state index is -3.94. The lowest BCUT2D eigenvalue weighted by Crippen LogP contribution is -2.58. The van der Waals surface area contributed by atoms with Crippen LogP contribution in [0.15, 0.2) is 29.2 Å². The van der Waals surface area contributed by atoms with Crippen LogP contribution in [0.2, 0.25) is 0 Å². The van der Waals surface area contributed by atoms with Crippen LogP contribution in [0.25, 0.3) is 0 Å². The Balaban J connectivity index is 2.07. The number of aryl methyl sites for hydroxylation is 1. The van der Waals surface area contributed by atoms with Gasteiger partial charge in [0.1, 0.15) is 24.4 Å². The van der Waals surface area contributed by atoms with E-state index in [4.69, 9.17) is 13.7 Å². The number of aliphatic hydroxyl groups is 2. The Morgan fingerprint density at radius 3 is 2.35 bits per heavy atom. The molecule has 5 atom stereocenters. The molecule has 8 heteroatoms. The third kappa shape index (κ3) is 4.09. The fraction of sp³-hybridized carbons (Fsp3) is 0.600. The van der Waals surface area contributed by atoms with E-state index in [0.29, 0.717) is 0 Å². The summed E-state index contributed by atoms with van der Waals surface area (Å²) < 4.78 is 40.0. The summed E-state index contributed by atoms with van der Waals surface area (Å²) in [5.74, 6) is 0. The Labute approximate surface area is 135 Å². The minimum Gasteiger partial charge on any atom is -0.388 e. The molecule has 0 saturated carbocycles. The van der Waals surface area contributed by atoms with Gasteiger partial charge < -0.3 is 19.7 Å². The first-order valence-electron chi connectivity index (χ1n) is 7.26. The second-order valence-electron chi connectivity index (χ2n) is 5.61. The van der Waals surface area contributed by atoms with Crippen LogP contribution in [0.5, 0.6) is 0 Å². The van der Waals surface area contributed by atoms with E-state index in [2.05, 4.69) is 0 Å². The fourth-order valence-corrected chi connectivity index (χ4v) is 3.40. The molecule has 0 amide bonds. The summed E-state index contributed by atoms with van der Waals surface area (Å²) in [5, 5.41) is 19.8. The van der Waals surface area contributed by atoms with Gasteiger partial charge >= 0.3 is 0 Å². The van der Waals surface area contributed by atoms with E-state index < -0.39 is 40.6 Å². The van der Waals surface area contributed by atoms with E-state index in [1.807, 2.05) is 6.92 Å². The zero-order valence-electron chi connectivity index (χ0n) is 13.2. The summed E-state index contributed by atoms with van der Waals surface area (Å²) in [4.78, 5) is 0.0431. The molecule has 0 aliphatic carbocycles. The van der Waals surface area contributed by atoms with Crippen LogP contribution in [0.1, 0.15) is 12.5 Å². The van der Waals surface area contributed by atoms with Gasteiger partial charge in [-0.3, -0.25) is 4.18 Å². The largest absolute Gasteiger partial charge is 0.388 e. The third-order valence-electron chi connectivity index (χ3n) is 3.89. The Morgan fingerprint density at radius 2 is 1.78 bits per heavy atom. The van der Waals surface area contributed by atoms with Gasteiger partial charge in [-0.25, -0.2) is 0 Å². The van der Waals surface area contributed by atoms with Crippen molar-refractivity contribution >= 4 is 10.1 Å². The molecular weight excluding hydrogens is 324 g/mol. The summed E-state index contributed by atoms with van der Waals surface area (Å²) in [7, 11) is -2.59. The third-order valence-corrected chi connectivity index (χ3v) is 5.19. The second-order valence-corrected chi connectivity index (χ2v) is 7.23. The van der Waals surface area contributed by atoms with Gasteiger partial charge in [0, 0.05) is 7.11 Å². The van der Waals surface area contributed by atoms with Gasteiger partial charge in [0.25, 0.3) is 10.1 Å². The maximum absolute atomic E-state index is 12.2. The first-order chi connectivity index (χ1) is 10.8. The summed E-state index contributed by atoms with van der Waals surface area (Å²) in [5.41, 5.74) is 0.935. The highest BCUT2D eigenvalue weighted by Crippen LogP contribution is 2.24. The Morgan fingerprint density at radius 1 is 1.17 bits per heavy atom. The van der Waals surface area contributed by atoms with Crippen LogP contribution >= 0.6 is 0 Å². The number of aliphatic hydroxyl groups excluding tert-OH is 2. The maximum Gasteiger partial charge on any atom is 0.297 e. The first-order valence-corrected chi connectivity index (χ1v) is 8.67. The van der Waals surface area contributed by atoms with Crippen molar-refractivity contribution < 1.29 is 32.3 Å². The molecule has 1 aliphatic rings. The van der Waals surface area contributed by atoms with Gasteiger partial charge in [0.15, 0.2) is 0 Å². The lowest BCUT2D eigenvalue weighted by Gasteiger charge is -2.40. The Kier molecular flexibility index (Phi) is 5.77. The monoisotopic (exact) mass is 346 g/mol. The molecule has 0 aromatic heterocycles. The summed E-state index contributed by atoms with van der Waals surface area (Å²) in [6.07, 6.45) is -4.64. The maximum atomic E-state index is 12.2. The van der Waals surface area contributed by atoms with E-state index in [0.717, 1.165) is 5.56 Å². The lowest BCUT2D eigenvalue weighted by atomic mass is 9.96. The van der Waals surface area contributed by atoms with Crippen molar-refractivity contribution in [1.29, 1.82) is 0 Å². The molecule has 130 valence electrons. The van der Waals surface area contributed by atoms with Gasteiger partial charge in [-0.2, -0.15) is 8.42 Å². The van der Waals surface area contributed by atoms with Gasteiger partial charge in [-0.1, -0.05) is 17.7 Å². The van der Waals surface area contributed by atoms with E-state index in [-0.39, 0.29) is 11.5 Å². The molecule has 1 saturated heterocycles. The molecule has 0 bridgehead atoms. The van der Waals surface area contributed by atoms with E-state index in [9.17, 15) is 18.6 Å². The van der Waals surface area contributed by atoms with Crippen LogP contribution in [0, 0.1) is 6.92 Å². The van der Waals surface area contributed by atoms with Crippen LogP contribution in [0.4, 0.5) is 0 Å². The van der Waals surface area contributed by atoms with E-state index >= 15 is 0 Å². The summed E-state index contributed by atoms with van der Waals surface area (Å²) in [6.45, 7) is 3.12. The lowest BCUT2D eigenvalue weighted by molar-refractivity contribution is -0.229. The molecule has 1 aromatic carbocycles. The van der Waals surface area contributed by atoms with Crippen LogP contribution in [-0.4, -0.2) is 62.9 Å². The number of benzene rings is 1. The molecule has 2 rings (SSSR count). The smallest absolute Gasteiger partial charge is 0.297 e. The summed E-state index contributed by atoms with van der Waals surface area (Å²) in [6, 6.07) is 6.27. The molecule has 5 unspecified atom stereocenters. The molecule has 1 aromatic rings. The van der Waals surface area contributed by atoms with E-state index in [1.54, 1.807) is 19.1 Å². The van der Waals surface area contributed by atoms with E-state index in [1.165, 1.54) is 19.2 Å². The SMILES string of the molecule is COC1C(COS(=O)(=O)c2ccc(C)cc2)OC(C)C(O)C1O. The van der Waals surface area contributed by atoms with Crippen molar-refractivity contribution in [3.63, 3.8) is 0 Å². The Bertz CT molecular complexity index is 613. The van der Waals surface area contributed by atoms with Crippen LogP contribution < -0.4 is 0 Å². The molecule has 1 aliphatic heterocycles. The molecular formula is C15H22O7S. The fourth-order valence-electron chi connectivity index (χ4n) is 2.48. The topological polar surface area (TPSA) is 102 Å². The molecule has 1 fully saturated rings. The standard InChI is InChI=1S/C15H22O7S/c1-9-4-6-11(7-5-9)23(18,19)21-8-12-15(20-3)14(17)13(16)10(2)22-12/h4-7,10,12-17H,8H2,1-3H3. The average molecular weight is 346 g/mol. The highest BCUT2D eigenvalue weighted by atomic mass is 32.2. The Hall–Kier alpha value is -1.03. The highest BCUT2D eigenvalue weighted by Gasteiger charge is 2.43. The van der Waals surface area contributed by atoms with Crippen molar-refractivity contribution in [2.75, 3.05) is 13.7 Å². The zero-order valence-corrected chi connectivity index (χ0v) is 14.1. The second kappa shape index (κ2) is 7.25. The molecule has 23 heavy (non-hydrogen) atoms. The van der Waals surface area contributed by atoms with Gasteiger partial charge in [0.05, 0.1) is 17.6 Å². The molecule has 0 spiro atoms. The molecule has 1 heterocycles. The number of hydrogen-bond acceptors (Lipinski definition) is 7. The first kappa shape index (κ1) is 18.3. The molecule has 2 N–H and O–H groups in total. The van der Waals surface area contributed by atoms with Gasteiger partial charge in [-0.05, 0) is 26.0 Å². The van der Waals surface area contributed by atoms with Crippen LogP contribution in [-0.2, 0) is 23.8 Å². The number of ether oxygens (including phenoxy) is 2. The van der Waals surface area contributed by atoms with Gasteiger partial charge in [-0.15, -0.1) is 0 Å². The molecule has 0 radical (unpaired) electrons. The van der Waals surface area contributed by atoms with Crippen molar-refractivity contribution in [3.8, 4) is 0 Å². The van der Waals surface area contributed by atoms with Crippen molar-refractivity contribution in [1.82, 2.24) is 0 Å². The predicted molar refractivity (Wildman–Crippen MR) is 81.5 cm³/mol. The van der Waals surface area contributed by atoms with Gasteiger partial charge in [0.2, 0.25) is 0 Å². The minimum absolute atomic E-state index is 0.0431. The zero-order chi connectivity index (χ0) is 17.2. The number of rotatable bonds is 5. The molecule has 7 nitrogen and oxygen atoms in total. The predicted octanol–water partition coefficient (Wildman–Crippen LogP) is 0.224. The van der Waals surface area contributed by atoms with Crippen molar-refractivity contribution in [3.05, 3.63) is 29.8 Å². The average Bonchev–Trinajstić information content (AvgIpc) is 2.51. The normalized spacial score (nSPS) is 32.0. The summed E-state index contributed by atoms with van der Waals surface area (Å²) >= 11 is 0. The quantitative estimate of drug-likeness (QED) is 0.736. The number of methoxy groups -OCH3 is 1. The van der Waals surface area contributed by atoms with Crippen LogP contribution in [0.3, 0.4) is 0 Å². The highest BCUT2D eigenvalue weighted by molar-refractivity contribution is 7.86. The van der Waals surface area contributed by atoms with Crippen molar-refractivity contribution in [2.24, 2.45) is 0 Å². The van der Waals surface area contributed by atoms with Crippen molar-refractivity contribution in [2.45, 2.75) is 49.3 Å².